The van der Waals surface area contributed by atoms with Crippen molar-refractivity contribution in [2.24, 2.45) is 11.7 Å². The predicted octanol–water partition coefficient (Wildman–Crippen LogP) is 2.96. The quantitative estimate of drug-likeness (QED) is 0.838. The van der Waals surface area contributed by atoms with Gasteiger partial charge in [0.15, 0.2) is 0 Å². The van der Waals surface area contributed by atoms with Crippen molar-refractivity contribution in [1.29, 1.82) is 0 Å². The Hall–Kier alpha value is -1.42. The molecule has 0 bridgehead atoms. The Morgan fingerprint density at radius 3 is 2.65 bits per heavy atom. The first kappa shape index (κ1) is 15.0. The van der Waals surface area contributed by atoms with Crippen LogP contribution in [0.25, 0.3) is 0 Å². The number of hydrogen-bond acceptors (Lipinski definition) is 2. The summed E-state index contributed by atoms with van der Waals surface area (Å²) in [4.78, 5) is 12.7. The highest BCUT2D eigenvalue weighted by molar-refractivity contribution is 7.80. The zero-order valence-corrected chi connectivity index (χ0v) is 12.7. The van der Waals surface area contributed by atoms with E-state index < -0.39 is 0 Å². The second-order valence-corrected chi connectivity index (χ2v) is 6.09. The van der Waals surface area contributed by atoms with Gasteiger partial charge in [-0.15, -0.1) is 0 Å². The smallest absolute Gasteiger partial charge is 0.251 e. The number of carbonyl (C=O) groups is 1. The van der Waals surface area contributed by atoms with Crippen molar-refractivity contribution in [2.75, 3.05) is 0 Å². The number of amides is 1. The van der Waals surface area contributed by atoms with Crippen molar-refractivity contribution in [3.8, 4) is 0 Å². The van der Waals surface area contributed by atoms with Gasteiger partial charge in [0.05, 0.1) is 11.0 Å². The standard InChI is InChI=1S/C16H22N2OS/c1-11-6-5-9-13(10-11)16(19)18-14(15(17)20)12-7-3-2-4-8-12/h5-6,9-10,12,14H,2-4,7-8H2,1H3,(H2,17,20)(H,18,19). The van der Waals surface area contributed by atoms with E-state index in [4.69, 9.17) is 18.0 Å². The molecule has 3 N–H and O–H groups in total. The van der Waals surface area contributed by atoms with E-state index in [-0.39, 0.29) is 11.9 Å². The van der Waals surface area contributed by atoms with E-state index in [1.807, 2.05) is 31.2 Å². The monoisotopic (exact) mass is 290 g/mol. The summed E-state index contributed by atoms with van der Waals surface area (Å²) >= 11 is 5.15. The van der Waals surface area contributed by atoms with Crippen molar-refractivity contribution >= 4 is 23.1 Å². The Kier molecular flexibility index (Phi) is 5.12. The molecular weight excluding hydrogens is 268 g/mol. The molecule has 1 saturated carbocycles. The normalized spacial score (nSPS) is 17.4. The van der Waals surface area contributed by atoms with Gasteiger partial charge in [-0.25, -0.2) is 0 Å². The van der Waals surface area contributed by atoms with Crippen LogP contribution in [-0.4, -0.2) is 16.9 Å². The number of nitrogens with two attached hydrogens (primary N) is 1. The summed E-state index contributed by atoms with van der Waals surface area (Å²) in [5.41, 5.74) is 7.58. The Morgan fingerprint density at radius 2 is 2.05 bits per heavy atom. The van der Waals surface area contributed by atoms with Crippen molar-refractivity contribution in [3.05, 3.63) is 35.4 Å². The first-order valence-electron chi connectivity index (χ1n) is 7.25. The molecular formula is C16H22N2OS. The number of aryl methyl sites for hydroxylation is 1. The van der Waals surface area contributed by atoms with Gasteiger partial charge < -0.3 is 11.1 Å². The second kappa shape index (κ2) is 6.84. The molecule has 1 atom stereocenters. The lowest BCUT2D eigenvalue weighted by molar-refractivity contribution is 0.0932. The summed E-state index contributed by atoms with van der Waals surface area (Å²) in [6.45, 7) is 1.98. The minimum absolute atomic E-state index is 0.0860. The highest BCUT2D eigenvalue weighted by Gasteiger charge is 2.27. The summed E-state index contributed by atoms with van der Waals surface area (Å²) in [6.07, 6.45) is 5.85. The lowest BCUT2D eigenvalue weighted by Gasteiger charge is -2.30. The molecule has 3 nitrogen and oxygen atoms in total. The number of rotatable bonds is 4. The van der Waals surface area contributed by atoms with E-state index >= 15 is 0 Å². The second-order valence-electron chi connectivity index (χ2n) is 5.62. The average molecular weight is 290 g/mol. The maximum atomic E-state index is 12.3. The summed E-state index contributed by atoms with van der Waals surface area (Å²) in [7, 11) is 0. The molecule has 1 fully saturated rings. The molecule has 20 heavy (non-hydrogen) atoms. The maximum absolute atomic E-state index is 12.3. The van der Waals surface area contributed by atoms with Gasteiger partial charge in [0.1, 0.15) is 0 Å². The topological polar surface area (TPSA) is 55.1 Å². The van der Waals surface area contributed by atoms with Crippen LogP contribution < -0.4 is 11.1 Å². The molecule has 1 amide bonds. The average Bonchev–Trinajstić information content (AvgIpc) is 2.45. The fourth-order valence-electron chi connectivity index (χ4n) is 2.90. The first-order chi connectivity index (χ1) is 9.58. The molecule has 1 aromatic rings. The summed E-state index contributed by atoms with van der Waals surface area (Å²) < 4.78 is 0. The van der Waals surface area contributed by atoms with Gasteiger partial charge in [0.2, 0.25) is 0 Å². The number of hydrogen-bond donors (Lipinski definition) is 2. The van der Waals surface area contributed by atoms with Crippen LogP contribution in [-0.2, 0) is 0 Å². The van der Waals surface area contributed by atoms with Crippen LogP contribution in [0, 0.1) is 12.8 Å². The van der Waals surface area contributed by atoms with Crippen LogP contribution >= 0.6 is 12.2 Å². The van der Waals surface area contributed by atoms with Crippen LogP contribution in [0.15, 0.2) is 24.3 Å². The van der Waals surface area contributed by atoms with E-state index in [0.717, 1.165) is 18.4 Å². The zero-order valence-electron chi connectivity index (χ0n) is 11.9. The fourth-order valence-corrected chi connectivity index (χ4v) is 3.15. The molecule has 108 valence electrons. The minimum atomic E-state index is -0.182. The lowest BCUT2D eigenvalue weighted by Crippen LogP contribution is -2.48. The molecule has 0 spiro atoms. The molecule has 4 heteroatoms. The van der Waals surface area contributed by atoms with Crippen LogP contribution in [0.2, 0.25) is 0 Å². The molecule has 1 aromatic carbocycles. The van der Waals surface area contributed by atoms with Gasteiger partial charge in [-0.2, -0.15) is 0 Å². The largest absolute Gasteiger partial charge is 0.392 e. The Morgan fingerprint density at radius 1 is 1.35 bits per heavy atom. The van der Waals surface area contributed by atoms with Crippen LogP contribution in [0.5, 0.6) is 0 Å². The number of nitrogens with one attached hydrogen (secondary N) is 1. The summed E-state index contributed by atoms with van der Waals surface area (Å²) in [5, 5.41) is 3.02. The molecule has 0 aliphatic heterocycles. The van der Waals surface area contributed by atoms with Crippen molar-refractivity contribution < 1.29 is 4.79 Å². The van der Waals surface area contributed by atoms with Crippen LogP contribution in [0.1, 0.15) is 48.0 Å². The van der Waals surface area contributed by atoms with Gasteiger partial charge in [0.25, 0.3) is 5.91 Å². The Balaban J connectivity index is 2.07. The van der Waals surface area contributed by atoms with Gasteiger partial charge in [0, 0.05) is 5.56 Å². The third kappa shape index (κ3) is 3.79. The van der Waals surface area contributed by atoms with Gasteiger partial charge in [-0.1, -0.05) is 49.2 Å². The molecule has 0 saturated heterocycles. The van der Waals surface area contributed by atoms with E-state index in [1.54, 1.807) is 0 Å². The van der Waals surface area contributed by atoms with Crippen molar-refractivity contribution in [3.63, 3.8) is 0 Å². The van der Waals surface area contributed by atoms with Crippen LogP contribution in [0.3, 0.4) is 0 Å². The maximum Gasteiger partial charge on any atom is 0.251 e. The Labute approximate surface area is 125 Å². The SMILES string of the molecule is Cc1cccc(C(=O)NC(C(N)=S)C2CCCCC2)c1. The van der Waals surface area contributed by atoms with Crippen molar-refractivity contribution in [1.82, 2.24) is 5.32 Å². The van der Waals surface area contributed by atoms with E-state index in [9.17, 15) is 4.79 Å². The molecule has 0 radical (unpaired) electrons. The lowest BCUT2D eigenvalue weighted by atomic mass is 9.83. The zero-order chi connectivity index (χ0) is 14.5. The van der Waals surface area contributed by atoms with Gasteiger partial charge in [-0.3, -0.25) is 4.79 Å². The highest BCUT2D eigenvalue weighted by atomic mass is 32.1. The third-order valence-electron chi connectivity index (χ3n) is 3.99. The highest BCUT2D eigenvalue weighted by Crippen LogP contribution is 2.26. The summed E-state index contributed by atoms with van der Waals surface area (Å²) in [6, 6.07) is 7.38. The molecule has 0 heterocycles. The van der Waals surface area contributed by atoms with Gasteiger partial charge >= 0.3 is 0 Å². The summed E-state index contributed by atoms with van der Waals surface area (Å²) in [5.74, 6) is 0.298. The van der Waals surface area contributed by atoms with E-state index in [0.29, 0.717) is 16.5 Å². The molecule has 1 unspecified atom stereocenters. The number of carbonyl (C=O) groups excluding carboxylic acids is 1. The van der Waals surface area contributed by atoms with E-state index in [1.165, 1.54) is 19.3 Å². The van der Waals surface area contributed by atoms with E-state index in [2.05, 4.69) is 5.32 Å². The minimum Gasteiger partial charge on any atom is -0.392 e. The first-order valence-corrected chi connectivity index (χ1v) is 7.65. The van der Waals surface area contributed by atoms with Gasteiger partial charge in [-0.05, 0) is 37.8 Å². The predicted molar refractivity (Wildman–Crippen MR) is 85.8 cm³/mol. The number of benzene rings is 1. The van der Waals surface area contributed by atoms with Crippen molar-refractivity contribution in [2.45, 2.75) is 45.1 Å². The molecule has 1 aliphatic carbocycles. The third-order valence-corrected chi connectivity index (χ3v) is 4.25. The Bertz CT molecular complexity index is 495. The number of thiocarbonyl (C=S) groups is 1. The fraction of sp³-hybridized carbons (Fsp3) is 0.500. The molecule has 1 aliphatic rings. The molecule has 0 aromatic heterocycles. The molecule has 2 rings (SSSR count). The van der Waals surface area contributed by atoms with Crippen LogP contribution in [0.4, 0.5) is 0 Å².